The van der Waals surface area contributed by atoms with Crippen LogP contribution < -0.4 is 5.32 Å². The molecule has 0 aromatic carbocycles. The fraction of sp³-hybridized carbons (Fsp3) is 0.583. The van der Waals surface area contributed by atoms with Crippen molar-refractivity contribution in [3.63, 3.8) is 0 Å². The highest BCUT2D eigenvalue weighted by Crippen LogP contribution is 2.13. The first-order valence-electron chi connectivity index (χ1n) is 5.69. The molecule has 1 unspecified atom stereocenters. The molecule has 4 nitrogen and oxygen atoms in total. The Morgan fingerprint density at radius 3 is 3.12 bits per heavy atom. The molecule has 0 radical (unpaired) electrons. The highest BCUT2D eigenvalue weighted by atomic mass is 16.3. The summed E-state index contributed by atoms with van der Waals surface area (Å²) < 4.78 is 5.29. The number of nitriles is 1. The number of hydrogen-bond donors (Lipinski definition) is 1. The molecule has 2 heterocycles. The van der Waals surface area contributed by atoms with Gasteiger partial charge in [0.05, 0.1) is 6.54 Å². The van der Waals surface area contributed by atoms with Gasteiger partial charge in [-0.05, 0) is 38.6 Å². The van der Waals surface area contributed by atoms with Gasteiger partial charge >= 0.3 is 0 Å². The lowest BCUT2D eigenvalue weighted by molar-refractivity contribution is 0.297. The molecule has 86 valence electrons. The van der Waals surface area contributed by atoms with Gasteiger partial charge in [0.25, 0.3) is 0 Å². The van der Waals surface area contributed by atoms with Crippen molar-refractivity contribution in [3.05, 3.63) is 23.7 Å². The Morgan fingerprint density at radius 1 is 1.62 bits per heavy atom. The molecule has 2 rings (SSSR count). The third-order valence-corrected chi connectivity index (χ3v) is 3.12. The van der Waals surface area contributed by atoms with Crippen molar-refractivity contribution < 1.29 is 4.42 Å². The molecular weight excluding hydrogens is 202 g/mol. The van der Waals surface area contributed by atoms with E-state index in [0.29, 0.717) is 18.3 Å². The molecule has 1 N–H and O–H groups in total. The van der Waals surface area contributed by atoms with Crippen LogP contribution >= 0.6 is 0 Å². The average molecular weight is 219 g/mol. The van der Waals surface area contributed by atoms with E-state index in [-0.39, 0.29) is 0 Å². The Kier molecular flexibility index (Phi) is 3.60. The summed E-state index contributed by atoms with van der Waals surface area (Å²) in [4.78, 5) is 2.38. The third kappa shape index (κ3) is 2.63. The molecule has 1 aliphatic heterocycles. The van der Waals surface area contributed by atoms with E-state index >= 15 is 0 Å². The number of rotatable bonds is 4. The molecule has 1 atom stereocenters. The minimum Gasteiger partial charge on any atom is -0.449 e. The van der Waals surface area contributed by atoms with Crippen LogP contribution in [0.1, 0.15) is 24.4 Å². The number of nitrogens with zero attached hydrogens (tertiary/aromatic N) is 2. The van der Waals surface area contributed by atoms with Gasteiger partial charge in [-0.2, -0.15) is 5.26 Å². The molecule has 1 aromatic heterocycles. The number of nitrogens with one attached hydrogen (secondary N) is 1. The topological polar surface area (TPSA) is 52.2 Å². The maximum Gasteiger partial charge on any atom is 0.203 e. The fourth-order valence-corrected chi connectivity index (χ4v) is 2.13. The molecule has 0 saturated carbocycles. The van der Waals surface area contributed by atoms with Gasteiger partial charge in [0, 0.05) is 12.6 Å². The van der Waals surface area contributed by atoms with Crippen LogP contribution in [-0.2, 0) is 6.54 Å². The van der Waals surface area contributed by atoms with Crippen LogP contribution in [0.4, 0.5) is 0 Å². The summed E-state index contributed by atoms with van der Waals surface area (Å²) in [5.74, 6) is 1.21. The summed E-state index contributed by atoms with van der Waals surface area (Å²) in [6.45, 7) is 2.89. The summed E-state index contributed by atoms with van der Waals surface area (Å²) in [5.41, 5.74) is 0. The highest BCUT2D eigenvalue weighted by Gasteiger charge is 2.19. The molecule has 0 aliphatic carbocycles. The van der Waals surface area contributed by atoms with Crippen molar-refractivity contribution in [2.75, 3.05) is 20.1 Å². The Hall–Kier alpha value is -1.31. The van der Waals surface area contributed by atoms with Crippen molar-refractivity contribution in [1.82, 2.24) is 10.2 Å². The van der Waals surface area contributed by atoms with Crippen molar-refractivity contribution in [2.24, 2.45) is 0 Å². The van der Waals surface area contributed by atoms with E-state index in [9.17, 15) is 0 Å². The zero-order valence-electron chi connectivity index (χ0n) is 9.57. The molecule has 1 aliphatic rings. The smallest absolute Gasteiger partial charge is 0.203 e. The fourth-order valence-electron chi connectivity index (χ4n) is 2.13. The van der Waals surface area contributed by atoms with Gasteiger partial charge in [-0.15, -0.1) is 0 Å². The average Bonchev–Trinajstić information content (AvgIpc) is 2.89. The van der Waals surface area contributed by atoms with E-state index < -0.39 is 0 Å². The molecule has 4 heteroatoms. The van der Waals surface area contributed by atoms with Crippen LogP contribution in [0.25, 0.3) is 0 Å². The Balaban J connectivity index is 1.73. The Morgan fingerprint density at radius 2 is 2.50 bits per heavy atom. The maximum atomic E-state index is 8.61. The predicted octanol–water partition coefficient (Wildman–Crippen LogP) is 1.34. The SMILES string of the molecule is CN1CCCC1CNCc1ccc(C#N)o1. The van der Waals surface area contributed by atoms with E-state index in [1.54, 1.807) is 6.07 Å². The zero-order valence-corrected chi connectivity index (χ0v) is 9.57. The van der Waals surface area contributed by atoms with Crippen molar-refractivity contribution in [3.8, 4) is 6.07 Å². The van der Waals surface area contributed by atoms with Crippen molar-refractivity contribution >= 4 is 0 Å². The van der Waals surface area contributed by atoms with Gasteiger partial charge in [0.2, 0.25) is 5.76 Å². The first kappa shape index (κ1) is 11.2. The Bertz CT molecular complexity index is 380. The molecular formula is C12H17N3O. The van der Waals surface area contributed by atoms with Crippen molar-refractivity contribution in [2.45, 2.75) is 25.4 Å². The third-order valence-electron chi connectivity index (χ3n) is 3.12. The maximum absolute atomic E-state index is 8.61. The molecule has 0 bridgehead atoms. The second kappa shape index (κ2) is 5.15. The second-order valence-corrected chi connectivity index (χ2v) is 4.29. The molecule has 1 fully saturated rings. The zero-order chi connectivity index (χ0) is 11.4. The number of furan rings is 1. The summed E-state index contributed by atoms with van der Waals surface area (Å²) in [5, 5.41) is 12.0. The summed E-state index contributed by atoms with van der Waals surface area (Å²) in [6, 6.07) is 6.19. The van der Waals surface area contributed by atoms with E-state index in [0.717, 1.165) is 12.3 Å². The number of likely N-dealkylation sites (tertiary alicyclic amines) is 1. The summed E-state index contributed by atoms with van der Waals surface area (Å²) in [6.07, 6.45) is 2.56. The van der Waals surface area contributed by atoms with E-state index in [2.05, 4.69) is 17.3 Å². The largest absolute Gasteiger partial charge is 0.449 e. The van der Waals surface area contributed by atoms with Crippen LogP contribution in [0, 0.1) is 11.3 Å². The second-order valence-electron chi connectivity index (χ2n) is 4.29. The summed E-state index contributed by atoms with van der Waals surface area (Å²) in [7, 11) is 2.17. The molecule has 0 spiro atoms. The van der Waals surface area contributed by atoms with Crippen LogP contribution in [0.3, 0.4) is 0 Å². The van der Waals surface area contributed by atoms with Crippen LogP contribution in [-0.4, -0.2) is 31.1 Å². The van der Waals surface area contributed by atoms with Gasteiger partial charge in [-0.25, -0.2) is 0 Å². The van der Waals surface area contributed by atoms with E-state index in [1.807, 2.05) is 12.1 Å². The van der Waals surface area contributed by atoms with Gasteiger partial charge < -0.3 is 14.6 Å². The molecule has 0 amide bonds. The summed E-state index contributed by atoms with van der Waals surface area (Å²) >= 11 is 0. The molecule has 1 aromatic rings. The monoisotopic (exact) mass is 219 g/mol. The van der Waals surface area contributed by atoms with Crippen LogP contribution in [0.2, 0.25) is 0 Å². The van der Waals surface area contributed by atoms with E-state index in [4.69, 9.17) is 9.68 Å². The standard InChI is InChI=1S/C12H17N3O/c1-15-6-2-3-10(15)8-14-9-12-5-4-11(7-13)16-12/h4-5,10,14H,2-3,6,8-9H2,1H3. The number of hydrogen-bond acceptors (Lipinski definition) is 4. The van der Waals surface area contributed by atoms with Gasteiger partial charge in [-0.1, -0.05) is 0 Å². The van der Waals surface area contributed by atoms with Crippen LogP contribution in [0.15, 0.2) is 16.5 Å². The molecule has 1 saturated heterocycles. The first-order chi connectivity index (χ1) is 7.79. The Labute approximate surface area is 95.8 Å². The first-order valence-corrected chi connectivity index (χ1v) is 5.69. The van der Waals surface area contributed by atoms with Gasteiger partial charge in [-0.3, -0.25) is 0 Å². The minimum absolute atomic E-state index is 0.384. The molecule has 16 heavy (non-hydrogen) atoms. The normalized spacial score (nSPS) is 21.1. The van der Waals surface area contributed by atoms with Gasteiger partial charge in [0.1, 0.15) is 11.8 Å². The predicted molar refractivity (Wildman–Crippen MR) is 60.8 cm³/mol. The lowest BCUT2D eigenvalue weighted by Gasteiger charge is -2.19. The lowest BCUT2D eigenvalue weighted by atomic mass is 10.2. The lowest BCUT2D eigenvalue weighted by Crippen LogP contribution is -2.35. The van der Waals surface area contributed by atoms with Crippen molar-refractivity contribution in [1.29, 1.82) is 5.26 Å². The van der Waals surface area contributed by atoms with Crippen LogP contribution in [0.5, 0.6) is 0 Å². The van der Waals surface area contributed by atoms with Gasteiger partial charge in [0.15, 0.2) is 0 Å². The quantitative estimate of drug-likeness (QED) is 0.830. The minimum atomic E-state index is 0.384. The number of likely N-dealkylation sites (N-methyl/N-ethyl adjacent to an activating group) is 1. The highest BCUT2D eigenvalue weighted by molar-refractivity contribution is 5.18. The van der Waals surface area contributed by atoms with E-state index in [1.165, 1.54) is 19.4 Å².